The first kappa shape index (κ1) is 17.6. The van der Waals surface area contributed by atoms with E-state index in [1.807, 2.05) is 22.6 Å². The van der Waals surface area contributed by atoms with Crippen LogP contribution in [0.25, 0.3) is 0 Å². The Morgan fingerprint density at radius 2 is 2.04 bits per heavy atom. The number of hydrogen-bond acceptors (Lipinski definition) is 6. The van der Waals surface area contributed by atoms with Crippen molar-refractivity contribution < 1.29 is 17.9 Å². The van der Waals surface area contributed by atoms with Gasteiger partial charge < -0.3 is 15.4 Å². The SMILES string of the molecule is CC1CN(c2ncc(C(F)(F)F)cn2)Cc2cc(COCCN)nn21. The second-order valence-corrected chi connectivity index (χ2v) is 5.91. The van der Waals surface area contributed by atoms with Crippen molar-refractivity contribution >= 4 is 5.95 Å². The van der Waals surface area contributed by atoms with Crippen molar-refractivity contribution in [3.63, 3.8) is 0 Å². The molecule has 0 spiro atoms. The predicted octanol–water partition coefficient (Wildman–Crippen LogP) is 1.75. The molecule has 1 atom stereocenters. The number of rotatable bonds is 5. The number of halogens is 3. The maximum absolute atomic E-state index is 12.6. The van der Waals surface area contributed by atoms with Crippen LogP contribution < -0.4 is 10.6 Å². The second kappa shape index (κ2) is 6.96. The van der Waals surface area contributed by atoms with Crippen molar-refractivity contribution in [2.75, 3.05) is 24.6 Å². The number of hydrogen-bond donors (Lipinski definition) is 1. The van der Waals surface area contributed by atoms with Gasteiger partial charge in [-0.1, -0.05) is 0 Å². The van der Waals surface area contributed by atoms with Gasteiger partial charge in [0.2, 0.25) is 5.95 Å². The molecule has 3 heterocycles. The molecule has 3 rings (SSSR count). The average Bonchev–Trinajstić information content (AvgIpc) is 2.98. The summed E-state index contributed by atoms with van der Waals surface area (Å²) in [7, 11) is 0. The summed E-state index contributed by atoms with van der Waals surface area (Å²) >= 11 is 0. The molecule has 136 valence electrons. The van der Waals surface area contributed by atoms with Crippen molar-refractivity contribution in [2.45, 2.75) is 32.3 Å². The van der Waals surface area contributed by atoms with Crippen LogP contribution in [0, 0.1) is 0 Å². The molecular formula is C15H19F3N6O. The van der Waals surface area contributed by atoms with Crippen LogP contribution in [0.2, 0.25) is 0 Å². The van der Waals surface area contributed by atoms with E-state index in [0.29, 0.717) is 32.8 Å². The minimum atomic E-state index is -4.44. The van der Waals surface area contributed by atoms with Gasteiger partial charge in [-0.25, -0.2) is 9.97 Å². The lowest BCUT2D eigenvalue weighted by Crippen LogP contribution is -2.37. The minimum absolute atomic E-state index is 0.0397. The van der Waals surface area contributed by atoms with Gasteiger partial charge in [0.1, 0.15) is 0 Å². The molecule has 1 aliphatic heterocycles. The van der Waals surface area contributed by atoms with Crippen molar-refractivity contribution in [1.82, 2.24) is 19.7 Å². The zero-order valence-electron chi connectivity index (χ0n) is 13.7. The van der Waals surface area contributed by atoms with Crippen molar-refractivity contribution in [1.29, 1.82) is 0 Å². The first-order chi connectivity index (χ1) is 11.9. The first-order valence-electron chi connectivity index (χ1n) is 7.88. The van der Waals surface area contributed by atoms with Crippen molar-refractivity contribution in [2.24, 2.45) is 5.73 Å². The van der Waals surface area contributed by atoms with Crippen LogP contribution in [0.15, 0.2) is 18.5 Å². The maximum Gasteiger partial charge on any atom is 0.419 e. The molecule has 0 bridgehead atoms. The fraction of sp³-hybridized carbons (Fsp3) is 0.533. The highest BCUT2D eigenvalue weighted by Crippen LogP contribution is 2.29. The highest BCUT2D eigenvalue weighted by atomic mass is 19.4. The largest absolute Gasteiger partial charge is 0.419 e. The number of aromatic nitrogens is 4. The third kappa shape index (κ3) is 3.90. The Morgan fingerprint density at radius 1 is 1.32 bits per heavy atom. The molecule has 0 aromatic carbocycles. The van der Waals surface area contributed by atoms with Crippen LogP contribution in [-0.2, 0) is 24.1 Å². The van der Waals surface area contributed by atoms with E-state index in [0.717, 1.165) is 23.8 Å². The molecule has 2 aromatic heterocycles. The number of anilines is 1. The van der Waals surface area contributed by atoms with Crippen LogP contribution in [-0.4, -0.2) is 39.4 Å². The molecule has 0 saturated heterocycles. The molecule has 0 amide bonds. The standard InChI is InChI=1S/C15H19F3N6O/c1-10-7-23(14-20-5-11(6-21-14)15(16,17)18)8-13-4-12(22-24(10)13)9-25-3-2-19/h4-6,10H,2-3,7-9,19H2,1H3. The zero-order chi connectivity index (χ0) is 18.0. The molecule has 0 fully saturated rings. The van der Waals surface area contributed by atoms with Crippen molar-refractivity contribution in [3.8, 4) is 0 Å². The summed E-state index contributed by atoms with van der Waals surface area (Å²) in [6, 6.07) is 1.96. The number of nitrogens with two attached hydrogens (primary N) is 1. The molecule has 0 radical (unpaired) electrons. The Labute approximate surface area is 142 Å². The quantitative estimate of drug-likeness (QED) is 0.822. The van der Waals surface area contributed by atoms with E-state index >= 15 is 0 Å². The lowest BCUT2D eigenvalue weighted by atomic mass is 10.2. The number of fused-ring (bicyclic) bond motifs is 1. The highest BCUT2D eigenvalue weighted by molar-refractivity contribution is 5.34. The Kier molecular flexibility index (Phi) is 4.91. The topological polar surface area (TPSA) is 82.1 Å². The van der Waals surface area contributed by atoms with Crippen LogP contribution in [0.4, 0.5) is 19.1 Å². The van der Waals surface area contributed by atoms with Gasteiger partial charge in [0.15, 0.2) is 0 Å². The molecule has 0 aliphatic carbocycles. The number of nitrogens with zero attached hydrogens (tertiary/aromatic N) is 5. The van der Waals surface area contributed by atoms with Gasteiger partial charge in [0.05, 0.1) is 42.8 Å². The Morgan fingerprint density at radius 3 is 2.68 bits per heavy atom. The van der Waals surface area contributed by atoms with Gasteiger partial charge in [0, 0.05) is 25.5 Å². The lowest BCUT2D eigenvalue weighted by molar-refractivity contribution is -0.138. The predicted molar refractivity (Wildman–Crippen MR) is 83.7 cm³/mol. The van der Waals surface area contributed by atoms with Crippen molar-refractivity contribution in [3.05, 3.63) is 35.4 Å². The summed E-state index contributed by atoms with van der Waals surface area (Å²) in [6.07, 6.45) is -2.82. The minimum Gasteiger partial charge on any atom is -0.374 e. The summed E-state index contributed by atoms with van der Waals surface area (Å²) in [5.41, 5.74) is 6.27. The maximum atomic E-state index is 12.6. The van der Waals surface area contributed by atoms with E-state index in [-0.39, 0.29) is 12.0 Å². The summed E-state index contributed by atoms with van der Waals surface area (Å²) in [4.78, 5) is 9.58. The molecular weight excluding hydrogens is 337 g/mol. The molecule has 0 saturated carbocycles. The second-order valence-electron chi connectivity index (χ2n) is 5.91. The normalized spacial score (nSPS) is 17.6. The van der Waals surface area contributed by atoms with E-state index in [2.05, 4.69) is 15.1 Å². The van der Waals surface area contributed by atoms with E-state index in [4.69, 9.17) is 10.5 Å². The van der Waals surface area contributed by atoms with Gasteiger partial charge in [-0.05, 0) is 13.0 Å². The third-order valence-electron chi connectivity index (χ3n) is 3.88. The van der Waals surface area contributed by atoms with Gasteiger partial charge in [-0.15, -0.1) is 0 Å². The van der Waals surface area contributed by atoms with Gasteiger partial charge in [0.25, 0.3) is 0 Å². The molecule has 10 heteroatoms. The van der Waals surface area contributed by atoms with Crippen LogP contribution in [0.1, 0.15) is 29.9 Å². The van der Waals surface area contributed by atoms with Crippen LogP contribution in [0.5, 0.6) is 0 Å². The van der Waals surface area contributed by atoms with Crippen LogP contribution in [0.3, 0.4) is 0 Å². The summed E-state index contributed by atoms with van der Waals surface area (Å²) in [5, 5.41) is 4.51. The van der Waals surface area contributed by atoms with Gasteiger partial charge in [-0.2, -0.15) is 18.3 Å². The van der Waals surface area contributed by atoms with E-state index in [9.17, 15) is 13.2 Å². The van der Waals surface area contributed by atoms with E-state index in [1.54, 1.807) is 0 Å². The van der Waals surface area contributed by atoms with Gasteiger partial charge >= 0.3 is 6.18 Å². The van der Waals surface area contributed by atoms with Gasteiger partial charge in [-0.3, -0.25) is 4.68 Å². The molecule has 1 unspecified atom stereocenters. The number of alkyl halides is 3. The zero-order valence-corrected chi connectivity index (χ0v) is 13.7. The summed E-state index contributed by atoms with van der Waals surface area (Å²) in [6.45, 7) is 4.30. The molecule has 2 N–H and O–H groups in total. The number of ether oxygens (including phenoxy) is 1. The fourth-order valence-corrected chi connectivity index (χ4v) is 2.76. The lowest BCUT2D eigenvalue weighted by Gasteiger charge is -2.32. The first-order valence-corrected chi connectivity index (χ1v) is 7.88. The third-order valence-corrected chi connectivity index (χ3v) is 3.88. The Hall–Kier alpha value is -2.20. The van der Waals surface area contributed by atoms with Crippen LogP contribution >= 0.6 is 0 Å². The van der Waals surface area contributed by atoms with E-state index in [1.165, 1.54) is 0 Å². The highest BCUT2D eigenvalue weighted by Gasteiger charge is 2.32. The monoisotopic (exact) mass is 356 g/mol. The Bertz CT molecular complexity index is 715. The summed E-state index contributed by atoms with van der Waals surface area (Å²) in [5.74, 6) is 0.272. The smallest absolute Gasteiger partial charge is 0.374 e. The fourth-order valence-electron chi connectivity index (χ4n) is 2.76. The molecule has 1 aliphatic rings. The average molecular weight is 356 g/mol. The summed E-state index contributed by atoms with van der Waals surface area (Å²) < 4.78 is 45.2. The molecule has 7 nitrogen and oxygen atoms in total. The molecule has 25 heavy (non-hydrogen) atoms. The Balaban J connectivity index is 1.74. The molecule has 2 aromatic rings. The van der Waals surface area contributed by atoms with E-state index < -0.39 is 11.7 Å².